The summed E-state index contributed by atoms with van der Waals surface area (Å²) in [4.78, 5) is 0. The fourth-order valence-electron chi connectivity index (χ4n) is 12.2. The van der Waals surface area contributed by atoms with Crippen LogP contribution in [-0.4, -0.2) is 60.0 Å². The molecule has 2 aliphatic rings. The van der Waals surface area contributed by atoms with E-state index in [-0.39, 0.29) is 69.2 Å². The summed E-state index contributed by atoms with van der Waals surface area (Å²) in [7, 11) is 0. The highest BCUT2D eigenvalue weighted by Crippen LogP contribution is 2.54. The third-order valence-electron chi connectivity index (χ3n) is 16.5. The van der Waals surface area contributed by atoms with Crippen molar-refractivity contribution in [2.24, 2.45) is 11.8 Å². The number of hydrogen-bond donors (Lipinski definition) is 0. The smallest absolute Gasteiger partial charge is 0.220 e. The van der Waals surface area contributed by atoms with Crippen molar-refractivity contribution in [1.82, 2.24) is 60.0 Å². The zero-order valence-electron chi connectivity index (χ0n) is 48.1. The fourth-order valence-corrected chi connectivity index (χ4v) is 12.2. The van der Waals surface area contributed by atoms with Gasteiger partial charge in [0.25, 0.3) is 0 Å². The van der Waals surface area contributed by atoms with Gasteiger partial charge in [0.15, 0.2) is 0 Å². The molecule has 476 valence electrons. The van der Waals surface area contributed by atoms with Crippen LogP contribution in [0.4, 0.5) is 79.0 Å². The lowest BCUT2D eigenvalue weighted by atomic mass is 9.83. The molecule has 2 aliphatic carbocycles. The summed E-state index contributed by atoms with van der Waals surface area (Å²) in [6.07, 6.45) is -25.0. The van der Waals surface area contributed by atoms with Crippen LogP contribution >= 0.6 is 0 Å². The highest BCUT2D eigenvalue weighted by Gasteiger charge is 2.42. The van der Waals surface area contributed by atoms with Gasteiger partial charge in [-0.15, -0.1) is 20.4 Å². The molecule has 4 aromatic heterocycles. The minimum Gasteiger partial charge on any atom is -0.220 e. The van der Waals surface area contributed by atoms with Crippen molar-refractivity contribution >= 4 is 11.1 Å². The molecule has 0 saturated heterocycles. The highest BCUT2D eigenvalue weighted by molar-refractivity contribution is 6.01. The maximum atomic E-state index is 14.6. The zero-order valence-corrected chi connectivity index (χ0v) is 48.1. The molecule has 12 rings (SSSR count). The van der Waals surface area contributed by atoms with Gasteiger partial charge in [-0.2, -0.15) is 79.0 Å². The second-order valence-electron chi connectivity index (χ2n) is 22.7. The number of fused-ring (bicyclic) bond motifs is 2. The molecule has 0 fully saturated rings. The lowest BCUT2D eigenvalue weighted by molar-refractivity contribution is -0.144. The van der Waals surface area contributed by atoms with E-state index in [1.54, 1.807) is 0 Å². The number of rotatable bonds is 8. The van der Waals surface area contributed by atoms with Crippen LogP contribution in [0.1, 0.15) is 91.7 Å². The van der Waals surface area contributed by atoms with Crippen molar-refractivity contribution in [1.29, 1.82) is 0 Å². The predicted octanol–water partition coefficient (Wildman–Crippen LogP) is 17.3. The summed E-state index contributed by atoms with van der Waals surface area (Å²) in [6, 6.07) is 10.5. The van der Waals surface area contributed by atoms with E-state index in [0.29, 0.717) is 69.7 Å². The summed E-state index contributed by atoms with van der Waals surface area (Å²) >= 11 is 0. The minimum atomic E-state index is -5.21. The minimum absolute atomic E-state index is 0.0677. The average Bonchev–Trinajstić information content (AvgIpc) is 1.56. The Labute approximate surface area is 507 Å². The maximum Gasteiger partial charge on any atom is 0.416 e. The van der Waals surface area contributed by atoms with Crippen molar-refractivity contribution in [2.45, 2.75) is 91.4 Å². The number of nitrogens with zero attached hydrogens (tertiary/aromatic N) is 12. The van der Waals surface area contributed by atoms with E-state index in [4.69, 9.17) is 0 Å². The molecule has 0 aliphatic heterocycles. The Morgan fingerprint density at radius 1 is 0.326 bits per heavy atom. The number of aromatic nitrogens is 12. The quantitative estimate of drug-likeness (QED) is 0.138. The maximum absolute atomic E-state index is 14.6. The Bertz CT molecular complexity index is 4300. The molecular formula is C62H42F18N12. The van der Waals surface area contributed by atoms with Crippen molar-refractivity contribution in [3.8, 4) is 67.8 Å². The van der Waals surface area contributed by atoms with Crippen LogP contribution < -0.4 is 0 Å². The van der Waals surface area contributed by atoms with Gasteiger partial charge in [0.2, 0.25) is 0 Å². The molecule has 0 amide bonds. The van der Waals surface area contributed by atoms with Gasteiger partial charge in [-0.1, -0.05) is 34.7 Å². The van der Waals surface area contributed by atoms with Crippen LogP contribution in [0.2, 0.25) is 0 Å². The lowest BCUT2D eigenvalue weighted by Crippen LogP contribution is -2.12. The Balaban J connectivity index is 0.891. The molecule has 2 atom stereocenters. The van der Waals surface area contributed by atoms with Crippen LogP contribution in [0.5, 0.6) is 0 Å². The fraction of sp³-hybridized carbons (Fsp3) is 0.258. The largest absolute Gasteiger partial charge is 0.416 e. The summed E-state index contributed by atoms with van der Waals surface area (Å²) < 4.78 is 256. The predicted molar refractivity (Wildman–Crippen MR) is 296 cm³/mol. The van der Waals surface area contributed by atoms with Gasteiger partial charge in [-0.05, 0) is 193 Å². The van der Waals surface area contributed by atoms with Crippen molar-refractivity contribution in [3.63, 3.8) is 0 Å². The van der Waals surface area contributed by atoms with Crippen LogP contribution in [0.15, 0.2) is 110 Å². The number of alkyl halides is 18. The third-order valence-corrected chi connectivity index (χ3v) is 16.5. The van der Waals surface area contributed by atoms with Crippen LogP contribution in [0, 0.1) is 39.5 Å². The summed E-state index contributed by atoms with van der Waals surface area (Å²) in [6.45, 7) is 11.8. The second-order valence-corrected chi connectivity index (χ2v) is 22.7. The van der Waals surface area contributed by atoms with Gasteiger partial charge in [0.1, 0.15) is 22.8 Å². The molecule has 0 bridgehead atoms. The lowest BCUT2D eigenvalue weighted by Gasteiger charge is -2.21. The molecule has 30 heteroatoms. The van der Waals surface area contributed by atoms with Gasteiger partial charge < -0.3 is 0 Å². The van der Waals surface area contributed by atoms with Gasteiger partial charge in [-0.3, -0.25) is 0 Å². The molecule has 0 unspecified atom stereocenters. The molecule has 12 nitrogen and oxygen atoms in total. The van der Waals surface area contributed by atoms with Crippen molar-refractivity contribution in [2.75, 3.05) is 0 Å². The molecule has 92 heavy (non-hydrogen) atoms. The number of hydrogen-bond acceptors (Lipinski definition) is 8. The second kappa shape index (κ2) is 21.5. The Morgan fingerprint density at radius 2 is 0.576 bits per heavy atom. The van der Waals surface area contributed by atoms with Gasteiger partial charge in [0.05, 0.1) is 80.9 Å². The third kappa shape index (κ3) is 11.4. The number of benzene rings is 6. The molecule has 0 N–H and O–H groups in total. The first-order chi connectivity index (χ1) is 42.8. The molecule has 0 radical (unpaired) electrons. The first-order valence-corrected chi connectivity index (χ1v) is 27.6. The summed E-state index contributed by atoms with van der Waals surface area (Å²) in [5.41, 5.74) is -1.22. The normalized spacial score (nSPS) is 16.5. The number of halogens is 18. The van der Waals surface area contributed by atoms with Crippen LogP contribution in [0.25, 0.3) is 78.9 Å². The summed E-state index contributed by atoms with van der Waals surface area (Å²) in [5, 5.41) is 32.2. The van der Waals surface area contributed by atoms with Gasteiger partial charge >= 0.3 is 37.1 Å². The Kier molecular flexibility index (Phi) is 14.6. The van der Waals surface area contributed by atoms with E-state index < -0.39 is 81.8 Å². The molecule has 10 aromatic rings. The molecular weight excluding hydrogens is 1250 g/mol. The topological polar surface area (TPSA) is 123 Å². The van der Waals surface area contributed by atoms with Crippen molar-refractivity contribution < 1.29 is 79.0 Å². The first kappa shape index (κ1) is 62.5. The monoisotopic (exact) mass is 1300 g/mol. The van der Waals surface area contributed by atoms with E-state index in [0.717, 1.165) is 89.5 Å². The Hall–Kier alpha value is -9.64. The Morgan fingerprint density at radius 3 is 0.859 bits per heavy atom. The van der Waals surface area contributed by atoms with Crippen molar-refractivity contribution in [3.05, 3.63) is 188 Å². The average molecular weight is 1300 g/mol. The summed E-state index contributed by atoms with van der Waals surface area (Å²) in [5.74, 6) is -0.135. The molecule has 0 spiro atoms. The van der Waals surface area contributed by atoms with Crippen LogP contribution in [-0.2, 0) is 49.9 Å². The van der Waals surface area contributed by atoms with E-state index in [9.17, 15) is 79.0 Å². The number of aryl methyl sites for hydroxylation is 2. The van der Waals surface area contributed by atoms with Gasteiger partial charge in [0, 0.05) is 22.3 Å². The zero-order chi connectivity index (χ0) is 66.4. The molecule has 4 heterocycles. The number of allylic oxidation sites excluding steroid dienone is 2. The first-order valence-electron chi connectivity index (χ1n) is 27.6. The van der Waals surface area contributed by atoms with E-state index >= 15 is 0 Å². The van der Waals surface area contributed by atoms with E-state index in [1.807, 2.05) is 39.8 Å². The molecule has 0 saturated carbocycles. The van der Waals surface area contributed by atoms with E-state index in [1.165, 1.54) is 24.5 Å². The molecule has 6 aromatic carbocycles. The SMILES string of the molecule is Cc1cc(-c2cn(-c3cc(-c4cn(-c5cc(C(F)(F)F)cc(C(F)(F)F)c5)nn4)cc(C(F)(F)F)c3)nn2)c(C)c2c1C[C@@H](C)/C2=C1/c2c(C)c(-c3cn(-c4cc(-c5cn(-c6cc(C(F)(F)F)cc(C(F)(F)F)c6)nn5)cc(C(F)(F)F)c4)nn3)cc(C)c2C[C@H]1C. The van der Waals surface area contributed by atoms with E-state index in [2.05, 4.69) is 55.1 Å². The van der Waals surface area contributed by atoms with Gasteiger partial charge in [-0.25, -0.2) is 18.7 Å². The standard InChI is InChI=1S/C62H42F18N12/c1-27-7-47(51-25-91(87-83-51)41-13-33(11-35(17-41)57(63,64)65)49-23-89(85-81-49)43-19-37(59(69,70)71)15-38(20-43)60(72,73)74)31(5)55-45(27)9-29(3)53(55)54-30(4)10-46-28(2)8-48(32(6)56(46)54)52-26-92(88-84-52)42-14-34(12-36(18-42)58(66,67)68)50-24-90(86-82-50)44-21-39(61(75,76)77)16-40(22-44)62(78,79)80/h7-8,11-26,29-30H,9-10H2,1-6H3/b54-53-/t29-,30-/m1/s1. The highest BCUT2D eigenvalue weighted by atomic mass is 19.4. The van der Waals surface area contributed by atoms with Crippen LogP contribution in [0.3, 0.4) is 0 Å².